The number of nitrogens with one attached hydrogen (secondary N) is 2. The van der Waals surface area contributed by atoms with Gasteiger partial charge in [0.05, 0.1) is 7.11 Å². The maximum absolute atomic E-state index is 5.47. The van der Waals surface area contributed by atoms with E-state index in [0.717, 1.165) is 36.2 Å². The van der Waals surface area contributed by atoms with Crippen molar-refractivity contribution in [3.63, 3.8) is 0 Å². The van der Waals surface area contributed by atoms with Crippen molar-refractivity contribution in [2.75, 3.05) is 32.1 Å². The van der Waals surface area contributed by atoms with E-state index < -0.39 is 0 Å². The first-order valence-corrected chi connectivity index (χ1v) is 9.47. The van der Waals surface area contributed by atoms with Crippen LogP contribution in [0.4, 0.5) is 5.82 Å². The number of pyridine rings is 1. The molecule has 6 heteroatoms. The zero-order valence-corrected chi connectivity index (χ0v) is 16.5. The summed E-state index contributed by atoms with van der Waals surface area (Å²) in [6.45, 7) is 5.62. The molecule has 3 rings (SSSR count). The minimum absolute atomic E-state index is 0.651. The van der Waals surface area contributed by atoms with E-state index >= 15 is 0 Å². The largest absolute Gasteiger partial charge is 0.496 e. The summed E-state index contributed by atoms with van der Waals surface area (Å²) in [4.78, 5) is 11.2. The van der Waals surface area contributed by atoms with Crippen molar-refractivity contribution in [3.8, 4) is 5.75 Å². The smallest absolute Gasteiger partial charge is 0.191 e. The van der Waals surface area contributed by atoms with E-state index in [0.29, 0.717) is 13.1 Å². The first-order chi connectivity index (χ1) is 13.2. The fourth-order valence-electron chi connectivity index (χ4n) is 3.27. The van der Waals surface area contributed by atoms with E-state index in [1.54, 1.807) is 14.2 Å². The number of nitrogens with zero attached hydrogens (tertiary/aromatic N) is 3. The number of aryl methyl sites for hydroxylation is 1. The lowest BCUT2D eigenvalue weighted by molar-refractivity contribution is 0.408. The molecule has 6 nitrogen and oxygen atoms in total. The second-order valence-corrected chi connectivity index (χ2v) is 6.81. The van der Waals surface area contributed by atoms with Crippen LogP contribution in [0, 0.1) is 6.92 Å². The first-order valence-electron chi connectivity index (χ1n) is 9.47. The lowest BCUT2D eigenvalue weighted by Crippen LogP contribution is -2.36. The number of methoxy groups -OCH3 is 1. The summed E-state index contributed by atoms with van der Waals surface area (Å²) in [6.07, 6.45) is 4.39. The van der Waals surface area contributed by atoms with Gasteiger partial charge in [0.2, 0.25) is 0 Å². The van der Waals surface area contributed by atoms with Crippen molar-refractivity contribution in [3.05, 3.63) is 53.2 Å². The van der Waals surface area contributed by atoms with Gasteiger partial charge in [-0.1, -0.05) is 12.1 Å². The van der Waals surface area contributed by atoms with Crippen molar-refractivity contribution in [2.24, 2.45) is 4.99 Å². The molecule has 0 amide bonds. The minimum Gasteiger partial charge on any atom is -0.496 e. The Bertz CT molecular complexity index is 784. The van der Waals surface area contributed by atoms with Gasteiger partial charge in [0, 0.05) is 45.0 Å². The SMILES string of the molecule is CN=C(NCc1ccnc(N2CCCC2)c1)NCc1ccc(C)cc1OC. The standard InChI is InChI=1S/C21H29N5O/c1-16-6-7-18(19(12-16)27-3)15-25-21(22-2)24-14-17-8-9-23-20(13-17)26-10-4-5-11-26/h6-9,12-13H,4-5,10-11,14-15H2,1-3H3,(H2,22,24,25). The Balaban J connectivity index is 1.56. The normalized spacial score (nSPS) is 14.3. The predicted molar refractivity (Wildman–Crippen MR) is 110 cm³/mol. The summed E-state index contributed by atoms with van der Waals surface area (Å²) in [5.74, 6) is 2.72. The van der Waals surface area contributed by atoms with Crippen molar-refractivity contribution in [1.82, 2.24) is 15.6 Å². The molecule has 2 aromatic rings. The Kier molecular flexibility index (Phi) is 6.52. The van der Waals surface area contributed by atoms with Crippen LogP contribution in [0.1, 0.15) is 29.5 Å². The highest BCUT2D eigenvalue weighted by molar-refractivity contribution is 5.79. The molecule has 0 radical (unpaired) electrons. The topological polar surface area (TPSA) is 61.8 Å². The molecule has 1 aromatic carbocycles. The molecule has 0 spiro atoms. The molecule has 0 bridgehead atoms. The number of aromatic nitrogens is 1. The van der Waals surface area contributed by atoms with Crippen LogP contribution in [-0.2, 0) is 13.1 Å². The molecule has 27 heavy (non-hydrogen) atoms. The molecule has 0 atom stereocenters. The second-order valence-electron chi connectivity index (χ2n) is 6.81. The molecule has 1 aliphatic heterocycles. The Morgan fingerprint density at radius 3 is 2.67 bits per heavy atom. The van der Waals surface area contributed by atoms with Crippen molar-refractivity contribution < 1.29 is 4.74 Å². The fraction of sp³-hybridized carbons (Fsp3) is 0.429. The number of hydrogen-bond acceptors (Lipinski definition) is 4. The summed E-state index contributed by atoms with van der Waals surface area (Å²) in [5.41, 5.74) is 3.48. The van der Waals surface area contributed by atoms with E-state index in [4.69, 9.17) is 4.74 Å². The van der Waals surface area contributed by atoms with Crippen molar-refractivity contribution in [1.29, 1.82) is 0 Å². The molecule has 0 aliphatic carbocycles. The predicted octanol–water partition coefficient (Wildman–Crippen LogP) is 2.86. The number of benzene rings is 1. The fourth-order valence-corrected chi connectivity index (χ4v) is 3.27. The number of rotatable bonds is 6. The number of aliphatic imine (C=N–C) groups is 1. The average Bonchev–Trinajstić information content (AvgIpc) is 3.24. The number of hydrogen-bond donors (Lipinski definition) is 2. The van der Waals surface area contributed by atoms with Gasteiger partial charge < -0.3 is 20.3 Å². The van der Waals surface area contributed by atoms with Gasteiger partial charge in [-0.2, -0.15) is 0 Å². The average molecular weight is 367 g/mol. The molecule has 2 heterocycles. The van der Waals surface area contributed by atoms with Crippen LogP contribution in [0.25, 0.3) is 0 Å². The third-order valence-corrected chi connectivity index (χ3v) is 4.81. The summed E-state index contributed by atoms with van der Waals surface area (Å²) in [6, 6.07) is 10.4. The highest BCUT2D eigenvalue weighted by atomic mass is 16.5. The van der Waals surface area contributed by atoms with Crippen LogP contribution in [-0.4, -0.2) is 38.2 Å². The van der Waals surface area contributed by atoms with Crippen LogP contribution in [0.2, 0.25) is 0 Å². The highest BCUT2D eigenvalue weighted by Crippen LogP contribution is 2.20. The highest BCUT2D eigenvalue weighted by Gasteiger charge is 2.13. The third kappa shape index (κ3) is 5.12. The van der Waals surface area contributed by atoms with Crippen LogP contribution < -0.4 is 20.3 Å². The van der Waals surface area contributed by atoms with Crippen LogP contribution in [0.15, 0.2) is 41.5 Å². The van der Waals surface area contributed by atoms with E-state index in [2.05, 4.69) is 50.6 Å². The molecule has 144 valence electrons. The van der Waals surface area contributed by atoms with E-state index in [-0.39, 0.29) is 0 Å². The van der Waals surface area contributed by atoms with Gasteiger partial charge in [0.1, 0.15) is 11.6 Å². The van der Waals surface area contributed by atoms with Gasteiger partial charge in [-0.05, 0) is 49.1 Å². The Labute approximate surface area is 161 Å². The molecule has 0 saturated carbocycles. The van der Waals surface area contributed by atoms with Gasteiger partial charge >= 0.3 is 0 Å². The van der Waals surface area contributed by atoms with Gasteiger partial charge in [0.25, 0.3) is 0 Å². The quantitative estimate of drug-likeness (QED) is 0.607. The lowest BCUT2D eigenvalue weighted by Gasteiger charge is -2.17. The van der Waals surface area contributed by atoms with E-state index in [1.165, 1.54) is 24.0 Å². The van der Waals surface area contributed by atoms with Crippen LogP contribution >= 0.6 is 0 Å². The van der Waals surface area contributed by atoms with Gasteiger partial charge in [-0.15, -0.1) is 0 Å². The van der Waals surface area contributed by atoms with Crippen LogP contribution in [0.3, 0.4) is 0 Å². The van der Waals surface area contributed by atoms with E-state index in [9.17, 15) is 0 Å². The molecule has 1 fully saturated rings. The summed E-state index contributed by atoms with van der Waals surface area (Å²) >= 11 is 0. The summed E-state index contributed by atoms with van der Waals surface area (Å²) in [5, 5.41) is 6.73. The summed E-state index contributed by atoms with van der Waals surface area (Å²) in [7, 11) is 3.48. The lowest BCUT2D eigenvalue weighted by atomic mass is 10.1. The molecule has 2 N–H and O–H groups in total. The second kappa shape index (κ2) is 9.26. The number of guanidine groups is 1. The van der Waals surface area contributed by atoms with Gasteiger partial charge in [0.15, 0.2) is 5.96 Å². The van der Waals surface area contributed by atoms with E-state index in [1.807, 2.05) is 18.3 Å². The first kappa shape index (κ1) is 19.0. The zero-order valence-electron chi connectivity index (χ0n) is 16.5. The molecule has 0 unspecified atom stereocenters. The minimum atomic E-state index is 0.651. The molecular weight excluding hydrogens is 338 g/mol. The van der Waals surface area contributed by atoms with Crippen LogP contribution in [0.5, 0.6) is 5.75 Å². The maximum Gasteiger partial charge on any atom is 0.191 e. The van der Waals surface area contributed by atoms with Crippen molar-refractivity contribution in [2.45, 2.75) is 32.9 Å². The Morgan fingerprint density at radius 1 is 1.15 bits per heavy atom. The van der Waals surface area contributed by atoms with Gasteiger partial charge in [-0.3, -0.25) is 4.99 Å². The monoisotopic (exact) mass is 367 g/mol. The molecule has 1 aliphatic rings. The Morgan fingerprint density at radius 2 is 1.93 bits per heavy atom. The maximum atomic E-state index is 5.47. The summed E-state index contributed by atoms with van der Waals surface area (Å²) < 4.78 is 5.47. The number of ether oxygens (including phenoxy) is 1. The van der Waals surface area contributed by atoms with Gasteiger partial charge in [-0.25, -0.2) is 4.98 Å². The molecular formula is C21H29N5O. The zero-order chi connectivity index (χ0) is 19.1. The molecule has 1 saturated heterocycles. The Hall–Kier alpha value is -2.76. The number of anilines is 1. The third-order valence-electron chi connectivity index (χ3n) is 4.81. The van der Waals surface area contributed by atoms with Crippen molar-refractivity contribution >= 4 is 11.8 Å². The molecule has 1 aromatic heterocycles.